The zero-order valence-corrected chi connectivity index (χ0v) is 4.98. The Balaban J connectivity index is 3.36. The van der Waals surface area contributed by atoms with Crippen molar-refractivity contribution in [3.05, 3.63) is 17.1 Å². The monoisotopic (exact) mass is 126 g/mol. The molecule has 0 aliphatic heterocycles. The van der Waals surface area contributed by atoms with E-state index in [0.717, 1.165) is 9.36 Å². The molecule has 1 aromatic heterocycles. The number of rotatable bonds is 1. The van der Waals surface area contributed by atoms with Crippen LogP contribution in [0.25, 0.3) is 6.20 Å². The number of aryl methyl sites for hydroxylation is 1. The largest absolute Gasteiger partial charge is 0.367 e. The molecule has 5 nitrogen and oxygen atoms in total. The van der Waals surface area contributed by atoms with Crippen molar-refractivity contribution < 1.29 is 0 Å². The maximum absolute atomic E-state index is 10.7. The van der Waals surface area contributed by atoms with Crippen molar-refractivity contribution in [2.24, 2.45) is 7.05 Å². The van der Waals surface area contributed by atoms with E-state index in [0.29, 0.717) is 0 Å². The predicted molar refractivity (Wildman–Crippen MR) is 31.6 cm³/mol. The molecule has 0 unspecified atom stereocenters. The van der Waals surface area contributed by atoms with Gasteiger partial charge in [-0.05, 0) is 10.4 Å². The fraction of sp³-hybridized carbons (Fsp3) is 0.250. The van der Waals surface area contributed by atoms with Crippen LogP contribution in [-0.2, 0) is 7.05 Å². The summed E-state index contributed by atoms with van der Waals surface area (Å²) in [5.41, 5.74) is -0.287. The summed E-state index contributed by atoms with van der Waals surface area (Å²) >= 11 is 0. The van der Waals surface area contributed by atoms with Gasteiger partial charge in [-0.2, -0.15) is 9.36 Å². The molecular weight excluding hydrogens is 120 g/mol. The van der Waals surface area contributed by atoms with E-state index in [1.54, 1.807) is 0 Å². The standard InChI is InChI=1S/C4H6N4O/c1-3-8-4(9)7(2)5-6-8/h3H,1H2,2H3. The van der Waals surface area contributed by atoms with Crippen LogP contribution in [-0.4, -0.2) is 19.8 Å². The third-order valence-electron chi connectivity index (χ3n) is 0.916. The molecule has 0 aromatic carbocycles. The molecule has 0 aliphatic carbocycles. The van der Waals surface area contributed by atoms with Crippen LogP contribution in [0.3, 0.4) is 0 Å². The van der Waals surface area contributed by atoms with Gasteiger partial charge in [-0.25, -0.2) is 4.79 Å². The second kappa shape index (κ2) is 1.85. The van der Waals surface area contributed by atoms with E-state index in [1.807, 2.05) is 0 Å². The average molecular weight is 126 g/mol. The highest BCUT2D eigenvalue weighted by molar-refractivity contribution is 5.09. The minimum absolute atomic E-state index is 0.287. The number of hydrogen-bond acceptors (Lipinski definition) is 3. The third kappa shape index (κ3) is 0.758. The van der Waals surface area contributed by atoms with Gasteiger partial charge in [0.15, 0.2) is 0 Å². The van der Waals surface area contributed by atoms with Crippen LogP contribution in [0.2, 0.25) is 0 Å². The van der Waals surface area contributed by atoms with Crippen molar-refractivity contribution >= 4 is 6.20 Å². The van der Waals surface area contributed by atoms with Crippen molar-refractivity contribution in [3.8, 4) is 0 Å². The quantitative estimate of drug-likeness (QED) is 0.489. The lowest BCUT2D eigenvalue weighted by atomic mass is 11.0. The molecule has 0 N–H and O–H groups in total. The van der Waals surface area contributed by atoms with Gasteiger partial charge in [0, 0.05) is 13.2 Å². The zero-order valence-electron chi connectivity index (χ0n) is 4.98. The minimum atomic E-state index is -0.287. The number of aromatic nitrogens is 4. The van der Waals surface area contributed by atoms with E-state index in [-0.39, 0.29) is 5.69 Å². The highest BCUT2D eigenvalue weighted by Gasteiger charge is 1.95. The lowest BCUT2D eigenvalue weighted by Gasteiger charge is -1.78. The minimum Gasteiger partial charge on any atom is -0.244 e. The second-order valence-corrected chi connectivity index (χ2v) is 1.51. The van der Waals surface area contributed by atoms with Gasteiger partial charge < -0.3 is 0 Å². The maximum Gasteiger partial charge on any atom is 0.367 e. The second-order valence-electron chi connectivity index (χ2n) is 1.51. The first-order valence-corrected chi connectivity index (χ1v) is 2.36. The number of tetrazole rings is 1. The zero-order chi connectivity index (χ0) is 6.85. The van der Waals surface area contributed by atoms with Crippen molar-refractivity contribution in [1.82, 2.24) is 19.8 Å². The summed E-state index contributed by atoms with van der Waals surface area (Å²) in [6.07, 6.45) is 1.30. The molecule has 0 aliphatic rings. The first-order valence-electron chi connectivity index (χ1n) is 2.36. The van der Waals surface area contributed by atoms with Crippen LogP contribution >= 0.6 is 0 Å². The molecule has 0 bridgehead atoms. The third-order valence-corrected chi connectivity index (χ3v) is 0.916. The van der Waals surface area contributed by atoms with Crippen LogP contribution in [0.15, 0.2) is 11.4 Å². The molecule has 0 fully saturated rings. The Morgan fingerprint density at radius 1 is 1.67 bits per heavy atom. The average Bonchev–Trinajstić information content (AvgIpc) is 2.15. The molecule has 0 saturated heterocycles. The van der Waals surface area contributed by atoms with Gasteiger partial charge in [0.1, 0.15) is 0 Å². The van der Waals surface area contributed by atoms with Gasteiger partial charge in [-0.1, -0.05) is 6.58 Å². The van der Waals surface area contributed by atoms with E-state index in [9.17, 15) is 4.79 Å². The Bertz CT molecular complexity index is 270. The van der Waals surface area contributed by atoms with E-state index < -0.39 is 0 Å². The Morgan fingerprint density at radius 2 is 2.33 bits per heavy atom. The first-order chi connectivity index (χ1) is 4.25. The van der Waals surface area contributed by atoms with Gasteiger partial charge in [-0.3, -0.25) is 0 Å². The van der Waals surface area contributed by atoms with E-state index in [4.69, 9.17) is 0 Å². The topological polar surface area (TPSA) is 52.7 Å². The lowest BCUT2D eigenvalue weighted by molar-refractivity contribution is 0.694. The highest BCUT2D eigenvalue weighted by atomic mass is 16.2. The number of hydrogen-bond donors (Lipinski definition) is 0. The summed E-state index contributed by atoms with van der Waals surface area (Å²) in [6, 6.07) is 0. The summed E-state index contributed by atoms with van der Waals surface area (Å²) in [6.45, 7) is 3.35. The van der Waals surface area contributed by atoms with Gasteiger partial charge in [0.2, 0.25) is 0 Å². The van der Waals surface area contributed by atoms with Crippen molar-refractivity contribution in [1.29, 1.82) is 0 Å². The predicted octanol–water partition coefficient (Wildman–Crippen LogP) is -0.923. The molecule has 1 aromatic rings. The van der Waals surface area contributed by atoms with E-state index in [1.165, 1.54) is 13.2 Å². The summed E-state index contributed by atoms with van der Waals surface area (Å²) in [4.78, 5) is 10.7. The van der Waals surface area contributed by atoms with Crippen LogP contribution in [0.5, 0.6) is 0 Å². The molecule has 5 heteroatoms. The molecule has 9 heavy (non-hydrogen) atoms. The van der Waals surface area contributed by atoms with Crippen LogP contribution < -0.4 is 5.69 Å². The van der Waals surface area contributed by atoms with Gasteiger partial charge in [-0.15, -0.1) is 0 Å². The van der Waals surface area contributed by atoms with Crippen molar-refractivity contribution in [2.45, 2.75) is 0 Å². The smallest absolute Gasteiger partial charge is 0.244 e. The molecule has 0 saturated carbocycles. The molecule has 0 spiro atoms. The molecular formula is C4H6N4O. The first kappa shape index (κ1) is 5.74. The Hall–Kier alpha value is -1.39. The van der Waals surface area contributed by atoms with Crippen LogP contribution in [0, 0.1) is 0 Å². The fourth-order valence-corrected chi connectivity index (χ4v) is 0.442. The molecule has 0 atom stereocenters. The Labute approximate surface area is 51.2 Å². The summed E-state index contributed by atoms with van der Waals surface area (Å²) in [7, 11) is 1.52. The molecule has 1 heterocycles. The van der Waals surface area contributed by atoms with Crippen LogP contribution in [0.4, 0.5) is 0 Å². The Kier molecular flexibility index (Phi) is 1.18. The molecule has 0 amide bonds. The normalized spacial score (nSPS) is 9.44. The summed E-state index contributed by atoms with van der Waals surface area (Å²) in [5.74, 6) is 0. The van der Waals surface area contributed by atoms with Crippen LogP contribution in [0.1, 0.15) is 0 Å². The fourth-order valence-electron chi connectivity index (χ4n) is 0.442. The van der Waals surface area contributed by atoms with Crippen molar-refractivity contribution in [2.75, 3.05) is 0 Å². The molecule has 48 valence electrons. The van der Waals surface area contributed by atoms with Gasteiger partial charge in [0.05, 0.1) is 0 Å². The lowest BCUT2D eigenvalue weighted by Crippen LogP contribution is -2.19. The Morgan fingerprint density at radius 3 is 2.56 bits per heavy atom. The SMILES string of the molecule is C=Cn1nnn(C)c1=O. The summed E-state index contributed by atoms with van der Waals surface area (Å²) < 4.78 is 2.18. The maximum atomic E-state index is 10.7. The van der Waals surface area contributed by atoms with E-state index in [2.05, 4.69) is 17.0 Å². The molecule has 1 rings (SSSR count). The summed E-state index contributed by atoms with van der Waals surface area (Å²) in [5, 5.41) is 6.87. The molecule has 0 radical (unpaired) electrons. The number of nitrogens with zero attached hydrogens (tertiary/aromatic N) is 4. The highest BCUT2D eigenvalue weighted by Crippen LogP contribution is 1.66. The van der Waals surface area contributed by atoms with Gasteiger partial charge in [0.25, 0.3) is 0 Å². The van der Waals surface area contributed by atoms with Crippen molar-refractivity contribution in [3.63, 3.8) is 0 Å². The van der Waals surface area contributed by atoms with Gasteiger partial charge >= 0.3 is 5.69 Å². The van der Waals surface area contributed by atoms with E-state index >= 15 is 0 Å².